The van der Waals surface area contributed by atoms with E-state index in [1.165, 1.54) is 0 Å². The van der Waals surface area contributed by atoms with E-state index < -0.39 is 0 Å². The quantitative estimate of drug-likeness (QED) is 0.728. The van der Waals surface area contributed by atoms with Crippen molar-refractivity contribution in [2.24, 2.45) is 0 Å². The third-order valence-corrected chi connectivity index (χ3v) is 2.05. The minimum atomic E-state index is 0.476. The lowest BCUT2D eigenvalue weighted by Gasteiger charge is -2.22. The number of hydrogen-bond acceptors (Lipinski definition) is 3. The lowest BCUT2D eigenvalue weighted by molar-refractivity contribution is 0.796. The maximum absolute atomic E-state index is 8.54. The van der Waals surface area contributed by atoms with Crippen molar-refractivity contribution in [2.45, 2.75) is 12.8 Å². The Kier molecular flexibility index (Phi) is 4.77. The molecule has 0 aliphatic rings. The Labute approximate surface area is 90.2 Å². The summed E-state index contributed by atoms with van der Waals surface area (Å²) in [7, 11) is 0. The van der Waals surface area contributed by atoms with E-state index in [1.807, 2.05) is 29.2 Å². The first-order valence-corrected chi connectivity index (χ1v) is 4.83. The van der Waals surface area contributed by atoms with Gasteiger partial charge in [-0.15, -0.1) is 0 Å². The molecule has 75 valence electrons. The largest absolute Gasteiger partial charge is 0.369 e. The van der Waals surface area contributed by atoms with Gasteiger partial charge in [0.25, 0.3) is 0 Å². The fraction of sp³-hybridized carbons (Fsp3) is 0.333. The maximum Gasteiger partial charge on any atom is 0.0640 e. The lowest BCUT2D eigenvalue weighted by Crippen LogP contribution is -2.25. The molecule has 15 heavy (non-hydrogen) atoms. The van der Waals surface area contributed by atoms with Crippen LogP contribution in [0, 0.1) is 28.7 Å². The van der Waals surface area contributed by atoms with Gasteiger partial charge in [-0.3, -0.25) is 0 Å². The molecule has 0 fully saturated rings. The average molecular weight is 198 g/mol. The summed E-state index contributed by atoms with van der Waals surface area (Å²) >= 11 is 0. The molecule has 1 aromatic carbocycles. The van der Waals surface area contributed by atoms with Gasteiger partial charge in [0, 0.05) is 18.8 Å². The second-order valence-electron chi connectivity index (χ2n) is 3.06. The molecule has 0 saturated carbocycles. The summed E-state index contributed by atoms with van der Waals surface area (Å²) in [5, 5.41) is 17.1. The molecule has 0 N–H and O–H groups in total. The number of nitrogens with zero attached hydrogens (tertiary/aromatic N) is 3. The van der Waals surface area contributed by atoms with E-state index in [0.717, 1.165) is 5.69 Å². The van der Waals surface area contributed by atoms with E-state index >= 15 is 0 Å². The van der Waals surface area contributed by atoms with Crippen LogP contribution in [-0.2, 0) is 0 Å². The number of rotatable bonds is 5. The number of benzene rings is 1. The van der Waals surface area contributed by atoms with Gasteiger partial charge in [-0.2, -0.15) is 10.5 Å². The van der Waals surface area contributed by atoms with Crippen molar-refractivity contribution >= 4 is 5.69 Å². The SMILES string of the molecule is N#CCCN(CCC#N)c1cc[c]cc1. The molecule has 1 aromatic rings. The monoisotopic (exact) mass is 198 g/mol. The first kappa shape index (κ1) is 11.1. The summed E-state index contributed by atoms with van der Waals surface area (Å²) in [6.45, 7) is 1.34. The highest BCUT2D eigenvalue weighted by atomic mass is 15.1. The number of hydrogen-bond donors (Lipinski definition) is 0. The Hall–Kier alpha value is -2.00. The fourth-order valence-electron chi connectivity index (χ4n) is 1.33. The molecular weight excluding hydrogens is 186 g/mol. The van der Waals surface area contributed by atoms with Crippen LogP contribution in [0.5, 0.6) is 0 Å². The molecule has 0 heterocycles. The van der Waals surface area contributed by atoms with Gasteiger partial charge in [0.2, 0.25) is 0 Å². The van der Waals surface area contributed by atoms with Crippen molar-refractivity contribution < 1.29 is 0 Å². The second-order valence-corrected chi connectivity index (χ2v) is 3.06. The van der Waals surface area contributed by atoms with Crippen LogP contribution < -0.4 is 4.90 Å². The van der Waals surface area contributed by atoms with Crippen LogP contribution in [0.2, 0.25) is 0 Å². The van der Waals surface area contributed by atoms with Crippen molar-refractivity contribution in [1.82, 2.24) is 0 Å². The van der Waals surface area contributed by atoms with Crippen molar-refractivity contribution in [3.63, 3.8) is 0 Å². The fourth-order valence-corrected chi connectivity index (χ4v) is 1.33. The van der Waals surface area contributed by atoms with Crippen LogP contribution in [-0.4, -0.2) is 13.1 Å². The van der Waals surface area contributed by atoms with Crippen LogP contribution in [0.4, 0.5) is 5.69 Å². The zero-order valence-electron chi connectivity index (χ0n) is 8.48. The summed E-state index contributed by atoms with van der Waals surface area (Å²) in [5.74, 6) is 0. The molecule has 0 aromatic heterocycles. The highest BCUT2D eigenvalue weighted by molar-refractivity contribution is 5.45. The molecule has 0 saturated heterocycles. The number of anilines is 1. The van der Waals surface area contributed by atoms with Gasteiger partial charge in [-0.05, 0) is 18.2 Å². The Balaban J connectivity index is 2.64. The Morgan fingerprint density at radius 3 is 2.07 bits per heavy atom. The van der Waals surface area contributed by atoms with Crippen LogP contribution in [0.1, 0.15) is 12.8 Å². The van der Waals surface area contributed by atoms with Gasteiger partial charge in [-0.1, -0.05) is 12.1 Å². The standard InChI is InChI=1S/C12H12N3/c13-8-4-10-15(11-5-9-14)12-6-2-1-3-7-12/h2-3,6-7H,4-5,10-11H2. The van der Waals surface area contributed by atoms with E-state index in [9.17, 15) is 0 Å². The van der Waals surface area contributed by atoms with Crippen LogP contribution >= 0.6 is 0 Å². The predicted molar refractivity (Wildman–Crippen MR) is 58.0 cm³/mol. The summed E-state index contributed by atoms with van der Waals surface area (Å²) in [4.78, 5) is 2.04. The van der Waals surface area contributed by atoms with E-state index in [4.69, 9.17) is 10.5 Å². The molecule has 0 amide bonds. The molecule has 1 radical (unpaired) electrons. The topological polar surface area (TPSA) is 50.8 Å². The molecule has 0 aliphatic carbocycles. The Morgan fingerprint density at radius 2 is 1.60 bits per heavy atom. The maximum atomic E-state index is 8.54. The third kappa shape index (κ3) is 3.70. The van der Waals surface area contributed by atoms with Gasteiger partial charge in [0.1, 0.15) is 0 Å². The van der Waals surface area contributed by atoms with Gasteiger partial charge in [0.05, 0.1) is 25.0 Å². The summed E-state index contributed by atoms with van der Waals surface area (Å²) < 4.78 is 0. The smallest absolute Gasteiger partial charge is 0.0640 e. The molecule has 3 nitrogen and oxygen atoms in total. The second kappa shape index (κ2) is 6.45. The highest BCUT2D eigenvalue weighted by Crippen LogP contribution is 2.13. The molecule has 0 atom stereocenters. The summed E-state index contributed by atoms with van der Waals surface area (Å²) in [5.41, 5.74) is 1.04. The van der Waals surface area contributed by atoms with E-state index in [-0.39, 0.29) is 0 Å². The number of nitriles is 2. The van der Waals surface area contributed by atoms with Crippen molar-refractivity contribution in [3.05, 3.63) is 30.3 Å². The van der Waals surface area contributed by atoms with Crippen LogP contribution in [0.15, 0.2) is 24.3 Å². The van der Waals surface area contributed by atoms with Gasteiger partial charge in [0.15, 0.2) is 0 Å². The zero-order valence-corrected chi connectivity index (χ0v) is 8.48. The highest BCUT2D eigenvalue weighted by Gasteiger charge is 2.04. The van der Waals surface area contributed by atoms with Gasteiger partial charge < -0.3 is 4.90 Å². The van der Waals surface area contributed by atoms with Crippen LogP contribution in [0.3, 0.4) is 0 Å². The van der Waals surface area contributed by atoms with Crippen molar-refractivity contribution in [1.29, 1.82) is 10.5 Å². The zero-order chi connectivity index (χ0) is 10.9. The van der Waals surface area contributed by atoms with Crippen LogP contribution in [0.25, 0.3) is 0 Å². The van der Waals surface area contributed by atoms with E-state index in [0.29, 0.717) is 25.9 Å². The molecule has 0 aliphatic heterocycles. The molecule has 3 heteroatoms. The molecule has 1 rings (SSSR count). The molecule has 0 unspecified atom stereocenters. The minimum Gasteiger partial charge on any atom is -0.369 e. The van der Waals surface area contributed by atoms with Crippen molar-refractivity contribution in [3.8, 4) is 12.1 Å². The summed E-state index contributed by atoms with van der Waals surface area (Å²) in [6.07, 6.45) is 0.952. The van der Waals surface area contributed by atoms with E-state index in [2.05, 4.69) is 18.2 Å². The first-order chi connectivity index (χ1) is 7.38. The average Bonchev–Trinajstić information content (AvgIpc) is 2.30. The third-order valence-electron chi connectivity index (χ3n) is 2.05. The summed E-state index contributed by atoms with van der Waals surface area (Å²) in [6, 6.07) is 14.7. The predicted octanol–water partition coefficient (Wildman–Crippen LogP) is 2.12. The van der Waals surface area contributed by atoms with E-state index in [1.54, 1.807) is 0 Å². The molecular formula is C12H12N3. The molecule has 0 spiro atoms. The lowest BCUT2D eigenvalue weighted by atomic mass is 10.2. The molecule has 0 bridgehead atoms. The van der Waals surface area contributed by atoms with Gasteiger partial charge in [-0.25, -0.2) is 0 Å². The normalized spacial score (nSPS) is 8.93. The van der Waals surface area contributed by atoms with Gasteiger partial charge >= 0.3 is 0 Å². The minimum absolute atomic E-state index is 0.476. The first-order valence-electron chi connectivity index (χ1n) is 4.83. The Morgan fingerprint density at radius 1 is 1.07 bits per heavy atom. The Bertz CT molecular complexity index is 341. The van der Waals surface area contributed by atoms with Crippen molar-refractivity contribution in [2.75, 3.05) is 18.0 Å².